The second-order valence-electron chi connectivity index (χ2n) is 6.44. The van der Waals surface area contributed by atoms with Crippen molar-refractivity contribution in [2.45, 2.75) is 25.7 Å². The number of aromatic nitrogens is 1. The zero-order valence-electron chi connectivity index (χ0n) is 14.1. The molecule has 0 N–H and O–H groups in total. The number of likely N-dealkylation sites (tertiary alicyclic amines) is 1. The molecule has 2 aromatic rings. The van der Waals surface area contributed by atoms with Gasteiger partial charge in [-0.3, -0.25) is 9.78 Å². The Morgan fingerprint density at radius 2 is 2.17 bits per heavy atom. The summed E-state index contributed by atoms with van der Waals surface area (Å²) in [6.45, 7) is 1.71. The summed E-state index contributed by atoms with van der Waals surface area (Å²) in [6, 6.07) is 11.8. The van der Waals surface area contributed by atoms with Gasteiger partial charge in [-0.1, -0.05) is 18.2 Å². The summed E-state index contributed by atoms with van der Waals surface area (Å²) in [6.07, 6.45) is 7.42. The van der Waals surface area contributed by atoms with Crippen LogP contribution in [0.15, 0.2) is 48.8 Å². The number of hydrogen-bond donors (Lipinski definition) is 0. The molecule has 1 aliphatic heterocycles. The van der Waals surface area contributed by atoms with E-state index in [0.717, 1.165) is 37.2 Å². The third kappa shape index (κ3) is 4.34. The van der Waals surface area contributed by atoms with Crippen molar-refractivity contribution in [2.24, 2.45) is 5.92 Å². The van der Waals surface area contributed by atoms with Crippen LogP contribution in [-0.4, -0.2) is 36.0 Å². The van der Waals surface area contributed by atoms with Crippen LogP contribution in [0.3, 0.4) is 0 Å². The van der Waals surface area contributed by atoms with Crippen molar-refractivity contribution in [1.29, 1.82) is 0 Å². The molecule has 0 radical (unpaired) electrons. The second-order valence-corrected chi connectivity index (χ2v) is 6.44. The Kier molecular flexibility index (Phi) is 5.47. The number of ether oxygens (including phenoxy) is 1. The van der Waals surface area contributed by atoms with E-state index in [1.807, 2.05) is 41.4 Å². The molecule has 24 heavy (non-hydrogen) atoms. The van der Waals surface area contributed by atoms with Gasteiger partial charge in [0.1, 0.15) is 5.75 Å². The van der Waals surface area contributed by atoms with E-state index in [-0.39, 0.29) is 5.91 Å². The molecule has 0 saturated carbocycles. The van der Waals surface area contributed by atoms with Crippen LogP contribution < -0.4 is 4.74 Å². The van der Waals surface area contributed by atoms with Crippen molar-refractivity contribution in [1.82, 2.24) is 9.88 Å². The van der Waals surface area contributed by atoms with E-state index in [9.17, 15) is 4.79 Å². The van der Waals surface area contributed by atoms with E-state index in [1.54, 1.807) is 13.3 Å². The molecule has 1 aromatic carbocycles. The summed E-state index contributed by atoms with van der Waals surface area (Å²) in [5.41, 5.74) is 2.26. The Morgan fingerprint density at radius 3 is 2.96 bits per heavy atom. The van der Waals surface area contributed by atoms with Gasteiger partial charge in [0, 0.05) is 25.5 Å². The Balaban J connectivity index is 1.58. The first kappa shape index (κ1) is 16.5. The first-order valence-electron chi connectivity index (χ1n) is 8.54. The predicted octanol–water partition coefficient (Wildman–Crippen LogP) is 3.11. The number of rotatable bonds is 5. The van der Waals surface area contributed by atoms with Crippen LogP contribution >= 0.6 is 0 Å². The van der Waals surface area contributed by atoms with E-state index in [2.05, 4.69) is 11.1 Å². The summed E-state index contributed by atoms with van der Waals surface area (Å²) in [4.78, 5) is 18.8. The number of methoxy groups -OCH3 is 1. The lowest BCUT2D eigenvalue weighted by atomic mass is 9.91. The molecule has 2 heterocycles. The van der Waals surface area contributed by atoms with Crippen molar-refractivity contribution in [3.05, 3.63) is 59.9 Å². The molecule has 1 atom stereocenters. The van der Waals surface area contributed by atoms with Gasteiger partial charge in [-0.15, -0.1) is 0 Å². The molecule has 0 aliphatic carbocycles. The highest BCUT2D eigenvalue weighted by Crippen LogP contribution is 2.22. The first-order valence-corrected chi connectivity index (χ1v) is 8.54. The quantitative estimate of drug-likeness (QED) is 0.849. The SMILES string of the molecule is COc1cccc(CC(=O)N2CCC[C@H](Cc3cccnc3)C2)c1. The van der Waals surface area contributed by atoms with Crippen LogP contribution in [0.25, 0.3) is 0 Å². The number of benzene rings is 1. The van der Waals surface area contributed by atoms with Crippen LogP contribution in [0, 0.1) is 5.92 Å². The van der Waals surface area contributed by atoms with E-state index in [1.165, 1.54) is 12.0 Å². The average molecular weight is 324 g/mol. The lowest BCUT2D eigenvalue weighted by molar-refractivity contribution is -0.132. The maximum Gasteiger partial charge on any atom is 0.227 e. The fraction of sp³-hybridized carbons (Fsp3) is 0.400. The van der Waals surface area contributed by atoms with Crippen molar-refractivity contribution in [2.75, 3.05) is 20.2 Å². The molecular formula is C20H24N2O2. The van der Waals surface area contributed by atoms with Crippen molar-refractivity contribution < 1.29 is 9.53 Å². The van der Waals surface area contributed by atoms with Crippen molar-refractivity contribution >= 4 is 5.91 Å². The molecule has 1 amide bonds. The average Bonchev–Trinajstić information content (AvgIpc) is 2.63. The first-order chi connectivity index (χ1) is 11.7. The van der Waals surface area contributed by atoms with Crippen LogP contribution in [0.4, 0.5) is 0 Å². The highest BCUT2D eigenvalue weighted by molar-refractivity contribution is 5.79. The molecule has 0 bridgehead atoms. The third-order valence-electron chi connectivity index (χ3n) is 4.61. The summed E-state index contributed by atoms with van der Waals surface area (Å²) in [7, 11) is 1.65. The zero-order chi connectivity index (χ0) is 16.8. The highest BCUT2D eigenvalue weighted by Gasteiger charge is 2.23. The van der Waals surface area contributed by atoms with Gasteiger partial charge < -0.3 is 9.64 Å². The van der Waals surface area contributed by atoms with Crippen molar-refractivity contribution in [3.8, 4) is 5.75 Å². The minimum atomic E-state index is 0.208. The number of amides is 1. The molecule has 1 aromatic heterocycles. The third-order valence-corrected chi connectivity index (χ3v) is 4.61. The number of carbonyl (C=O) groups is 1. The van der Waals surface area contributed by atoms with E-state index < -0.39 is 0 Å². The Morgan fingerprint density at radius 1 is 1.29 bits per heavy atom. The Hall–Kier alpha value is -2.36. The molecule has 1 saturated heterocycles. The summed E-state index contributed by atoms with van der Waals surface area (Å²) < 4.78 is 5.23. The van der Waals surface area contributed by atoms with Gasteiger partial charge >= 0.3 is 0 Å². The van der Waals surface area contributed by atoms with Crippen molar-refractivity contribution in [3.63, 3.8) is 0 Å². The Bertz CT molecular complexity index is 672. The standard InChI is InChI=1S/C20H24N2O2/c1-24-19-8-2-5-16(12-19)13-20(23)22-10-4-7-18(15-22)11-17-6-3-9-21-14-17/h2-3,5-6,8-9,12,14,18H,4,7,10-11,13,15H2,1H3/t18-/m1/s1. The van der Waals surface area contributed by atoms with Gasteiger partial charge in [0.25, 0.3) is 0 Å². The number of piperidine rings is 1. The lowest BCUT2D eigenvalue weighted by Gasteiger charge is -2.33. The minimum Gasteiger partial charge on any atom is -0.497 e. The predicted molar refractivity (Wildman–Crippen MR) is 93.9 cm³/mol. The molecule has 1 fully saturated rings. The molecule has 0 spiro atoms. The van der Waals surface area contributed by atoms with Gasteiger partial charge in [0.15, 0.2) is 0 Å². The fourth-order valence-corrected chi connectivity index (χ4v) is 3.38. The normalized spacial score (nSPS) is 17.5. The van der Waals surface area contributed by atoms with Gasteiger partial charge in [0.05, 0.1) is 13.5 Å². The van der Waals surface area contributed by atoms with Gasteiger partial charge in [-0.2, -0.15) is 0 Å². The number of carbonyl (C=O) groups excluding carboxylic acids is 1. The van der Waals surface area contributed by atoms with Crippen LogP contribution in [0.5, 0.6) is 5.75 Å². The maximum absolute atomic E-state index is 12.6. The van der Waals surface area contributed by atoms with E-state index in [0.29, 0.717) is 12.3 Å². The van der Waals surface area contributed by atoms with Crippen LogP contribution in [-0.2, 0) is 17.6 Å². The molecule has 4 nitrogen and oxygen atoms in total. The minimum absolute atomic E-state index is 0.208. The summed E-state index contributed by atoms with van der Waals surface area (Å²) in [5, 5.41) is 0. The number of hydrogen-bond acceptors (Lipinski definition) is 3. The number of pyridine rings is 1. The molecular weight excluding hydrogens is 300 g/mol. The van der Waals surface area contributed by atoms with Crippen LogP contribution in [0.2, 0.25) is 0 Å². The molecule has 0 unspecified atom stereocenters. The number of nitrogens with zero attached hydrogens (tertiary/aromatic N) is 2. The van der Waals surface area contributed by atoms with Gasteiger partial charge in [-0.05, 0) is 54.5 Å². The summed E-state index contributed by atoms with van der Waals surface area (Å²) >= 11 is 0. The second kappa shape index (κ2) is 7.95. The summed E-state index contributed by atoms with van der Waals surface area (Å²) in [5.74, 6) is 1.53. The zero-order valence-corrected chi connectivity index (χ0v) is 14.1. The Labute approximate surface area is 143 Å². The highest BCUT2D eigenvalue weighted by atomic mass is 16.5. The smallest absolute Gasteiger partial charge is 0.227 e. The van der Waals surface area contributed by atoms with Gasteiger partial charge in [0.2, 0.25) is 5.91 Å². The lowest BCUT2D eigenvalue weighted by Crippen LogP contribution is -2.41. The fourth-order valence-electron chi connectivity index (χ4n) is 3.38. The molecule has 4 heteroatoms. The van der Waals surface area contributed by atoms with Gasteiger partial charge in [-0.25, -0.2) is 0 Å². The topological polar surface area (TPSA) is 42.4 Å². The molecule has 1 aliphatic rings. The largest absolute Gasteiger partial charge is 0.497 e. The monoisotopic (exact) mass is 324 g/mol. The molecule has 126 valence electrons. The van der Waals surface area contributed by atoms with E-state index in [4.69, 9.17) is 4.74 Å². The molecule has 3 rings (SSSR count). The van der Waals surface area contributed by atoms with E-state index >= 15 is 0 Å². The van der Waals surface area contributed by atoms with Crippen LogP contribution in [0.1, 0.15) is 24.0 Å². The maximum atomic E-state index is 12.6.